The largest absolute Gasteiger partial charge is 0.476 e. The second-order valence-corrected chi connectivity index (χ2v) is 12.4. The quantitative estimate of drug-likeness (QED) is 0.237. The van der Waals surface area contributed by atoms with E-state index in [1.807, 2.05) is 13.8 Å². The van der Waals surface area contributed by atoms with Crippen LogP contribution in [0, 0.1) is 11.3 Å². The summed E-state index contributed by atoms with van der Waals surface area (Å²) in [5, 5.41) is 2.46. The Balaban J connectivity index is 1.40. The Kier molecular flexibility index (Phi) is 11.6. The fraction of sp³-hybridized carbons (Fsp3) is 0.708. The van der Waals surface area contributed by atoms with E-state index in [1.54, 1.807) is 38.6 Å². The van der Waals surface area contributed by atoms with Crippen molar-refractivity contribution in [2.75, 3.05) is 37.9 Å². The van der Waals surface area contributed by atoms with Crippen LogP contribution in [0.15, 0.2) is 6.33 Å². The molecule has 3 N–H and O–H groups in total. The van der Waals surface area contributed by atoms with E-state index in [0.717, 1.165) is 11.8 Å². The van der Waals surface area contributed by atoms with Crippen LogP contribution in [-0.2, 0) is 27.9 Å². The number of amides is 1. The molecule has 16 heteroatoms. The van der Waals surface area contributed by atoms with E-state index in [4.69, 9.17) is 29.0 Å². The van der Waals surface area contributed by atoms with Gasteiger partial charge in [0.15, 0.2) is 16.3 Å². The van der Waals surface area contributed by atoms with Crippen LogP contribution in [0.4, 0.5) is 10.7 Å². The lowest BCUT2D eigenvalue weighted by Crippen LogP contribution is -2.39. The van der Waals surface area contributed by atoms with E-state index in [9.17, 15) is 14.2 Å². The normalized spacial score (nSPS) is 20.1. The lowest BCUT2D eigenvalue weighted by atomic mass is 9.96. The van der Waals surface area contributed by atoms with Gasteiger partial charge in [0.25, 0.3) is 0 Å². The molecular formula is C24H39N6O8PS. The lowest BCUT2D eigenvalue weighted by Gasteiger charge is -2.23. The highest BCUT2D eigenvalue weighted by atomic mass is 32.2. The molecule has 2 aromatic rings. The molecule has 1 unspecified atom stereocenters. The average molecular weight is 603 g/mol. The Labute approximate surface area is 238 Å². The summed E-state index contributed by atoms with van der Waals surface area (Å²) < 4.78 is 41.5. The molecule has 4 atom stereocenters. The number of thioether (sulfide) groups is 1. The number of nitrogen functional groups attached to an aromatic ring is 1. The predicted molar refractivity (Wildman–Crippen MR) is 150 cm³/mol. The summed E-state index contributed by atoms with van der Waals surface area (Å²) in [7, 11) is -2.78. The van der Waals surface area contributed by atoms with Gasteiger partial charge in [0.2, 0.25) is 11.8 Å². The highest BCUT2D eigenvalue weighted by Gasteiger charge is 2.35. The third-order valence-corrected chi connectivity index (χ3v) is 7.94. The molecule has 2 aromatic heterocycles. The first kappa shape index (κ1) is 32.1. The maximum atomic E-state index is 12.5. The Morgan fingerprint density at radius 2 is 2.08 bits per heavy atom. The lowest BCUT2D eigenvalue weighted by molar-refractivity contribution is -0.117. The van der Waals surface area contributed by atoms with E-state index < -0.39 is 19.8 Å². The van der Waals surface area contributed by atoms with Crippen LogP contribution in [0.2, 0.25) is 0 Å². The van der Waals surface area contributed by atoms with Crippen LogP contribution < -0.4 is 15.8 Å². The number of aromatic nitrogens is 4. The van der Waals surface area contributed by atoms with Crippen molar-refractivity contribution in [2.45, 2.75) is 66.4 Å². The van der Waals surface area contributed by atoms with Gasteiger partial charge in [0.05, 0.1) is 43.8 Å². The zero-order valence-electron chi connectivity index (χ0n) is 23.7. The number of carbonyl (C=O) groups excluding carboxylic acids is 2. The van der Waals surface area contributed by atoms with E-state index in [0.29, 0.717) is 35.8 Å². The zero-order chi connectivity index (χ0) is 29.4. The van der Waals surface area contributed by atoms with E-state index in [1.165, 1.54) is 0 Å². The summed E-state index contributed by atoms with van der Waals surface area (Å²) in [6.45, 7) is 11.5. The molecule has 224 valence electrons. The fourth-order valence-corrected chi connectivity index (χ4v) is 5.61. The average Bonchev–Trinajstić information content (AvgIpc) is 3.46. The van der Waals surface area contributed by atoms with Crippen LogP contribution in [0.5, 0.6) is 5.88 Å². The number of alkyl carbamates (subject to hydrolysis) is 1. The van der Waals surface area contributed by atoms with Crippen LogP contribution in [0.3, 0.4) is 0 Å². The Morgan fingerprint density at radius 1 is 1.32 bits per heavy atom. The summed E-state index contributed by atoms with van der Waals surface area (Å²) in [5.74, 6) is 0.773. The van der Waals surface area contributed by atoms with Gasteiger partial charge in [0, 0.05) is 18.2 Å². The minimum Gasteiger partial charge on any atom is -0.476 e. The van der Waals surface area contributed by atoms with Gasteiger partial charge < -0.3 is 34.3 Å². The van der Waals surface area contributed by atoms with Crippen molar-refractivity contribution in [2.24, 2.45) is 11.3 Å². The third-order valence-electron chi connectivity index (χ3n) is 5.91. The second-order valence-electron chi connectivity index (χ2n) is 10.2. The first-order valence-corrected chi connectivity index (χ1v) is 15.3. The highest BCUT2D eigenvalue weighted by molar-refractivity contribution is 8.13. The highest BCUT2D eigenvalue weighted by Crippen LogP contribution is 2.38. The van der Waals surface area contributed by atoms with Gasteiger partial charge in [-0.25, -0.2) is 9.78 Å². The van der Waals surface area contributed by atoms with Gasteiger partial charge >= 0.3 is 14.3 Å². The minimum absolute atomic E-state index is 0.0714. The summed E-state index contributed by atoms with van der Waals surface area (Å²) in [6, 6.07) is 0. The number of rotatable bonds is 14. The van der Waals surface area contributed by atoms with Crippen molar-refractivity contribution in [3.05, 3.63) is 6.33 Å². The molecule has 1 aliphatic rings. The van der Waals surface area contributed by atoms with Gasteiger partial charge in [-0.05, 0) is 27.2 Å². The van der Waals surface area contributed by atoms with E-state index in [-0.39, 0.29) is 55.2 Å². The summed E-state index contributed by atoms with van der Waals surface area (Å²) in [5.41, 5.74) is 6.06. The predicted octanol–water partition coefficient (Wildman–Crippen LogP) is 3.57. The molecule has 0 aromatic carbocycles. The van der Waals surface area contributed by atoms with Crippen molar-refractivity contribution in [1.29, 1.82) is 0 Å². The molecule has 40 heavy (non-hydrogen) atoms. The smallest absolute Gasteiger partial charge is 0.407 e. The molecule has 1 amide bonds. The van der Waals surface area contributed by atoms with Crippen molar-refractivity contribution >= 4 is 48.3 Å². The van der Waals surface area contributed by atoms with Crippen molar-refractivity contribution < 1.29 is 37.4 Å². The first-order valence-electron chi connectivity index (χ1n) is 13.1. The molecule has 0 aliphatic carbocycles. The summed E-state index contributed by atoms with van der Waals surface area (Å²) in [6.07, 6.45) is 0.772. The van der Waals surface area contributed by atoms with Crippen LogP contribution in [0.1, 0.15) is 54.2 Å². The molecular weight excluding hydrogens is 563 g/mol. The Morgan fingerprint density at radius 3 is 2.77 bits per heavy atom. The molecule has 3 heterocycles. The van der Waals surface area contributed by atoms with Gasteiger partial charge in [-0.15, -0.1) is 0 Å². The molecule has 0 spiro atoms. The van der Waals surface area contributed by atoms with Crippen LogP contribution >= 0.6 is 20.0 Å². The molecule has 1 saturated heterocycles. The molecule has 1 aliphatic heterocycles. The van der Waals surface area contributed by atoms with Gasteiger partial charge in [-0.1, -0.05) is 32.5 Å². The monoisotopic (exact) mass is 602 g/mol. The minimum atomic E-state index is -2.78. The number of nitrogens with one attached hydrogen (secondary N) is 1. The number of hydrogen-bond donors (Lipinski definition) is 2. The fourth-order valence-electron chi connectivity index (χ4n) is 3.97. The maximum absolute atomic E-state index is 12.5. The summed E-state index contributed by atoms with van der Waals surface area (Å²) >= 11 is 1.04. The Bertz CT molecular complexity index is 1200. The number of imidazole rings is 1. The topological polar surface area (TPSA) is 179 Å². The third kappa shape index (κ3) is 8.77. The second kappa shape index (κ2) is 14.4. The number of anilines is 1. The number of fused-ring (bicyclic) bond motifs is 1. The number of carbonyl (C=O) groups is 2. The van der Waals surface area contributed by atoms with E-state index in [2.05, 4.69) is 20.3 Å². The van der Waals surface area contributed by atoms with Crippen LogP contribution in [-0.4, -0.2) is 75.1 Å². The first-order chi connectivity index (χ1) is 18.9. The number of hydrogen-bond acceptors (Lipinski definition) is 13. The summed E-state index contributed by atoms with van der Waals surface area (Å²) in [4.78, 5) is 37.0. The Hall–Kier alpha value is -2.45. The number of nitrogens with two attached hydrogens (primary N) is 1. The van der Waals surface area contributed by atoms with Crippen molar-refractivity contribution in [1.82, 2.24) is 24.8 Å². The van der Waals surface area contributed by atoms with E-state index >= 15 is 0 Å². The van der Waals surface area contributed by atoms with Crippen molar-refractivity contribution in [3.8, 4) is 5.88 Å². The molecule has 0 saturated carbocycles. The van der Waals surface area contributed by atoms with Crippen LogP contribution in [0.25, 0.3) is 11.2 Å². The molecule has 0 radical (unpaired) electrons. The molecule has 14 nitrogen and oxygen atoms in total. The number of ether oxygens (including phenoxy) is 3. The van der Waals surface area contributed by atoms with Gasteiger partial charge in [-0.3, -0.25) is 13.9 Å². The molecule has 0 bridgehead atoms. The van der Waals surface area contributed by atoms with Crippen molar-refractivity contribution in [3.63, 3.8) is 0 Å². The van der Waals surface area contributed by atoms with Gasteiger partial charge in [-0.2, -0.15) is 9.97 Å². The SMILES string of the molecule is CCOc1nc(N)nc2c1ncn2[C@@H]1O[C@H](CO[PH](=O)OCCSC(=O)C(C)(C)CNC(=O)OC(C)C)C[C@@H]1C. The molecule has 3 rings (SSSR count). The number of nitrogens with zero attached hydrogens (tertiary/aromatic N) is 4. The zero-order valence-corrected chi connectivity index (χ0v) is 25.5. The standard InChI is InChI=1S/C24H39N6O8PS/c1-7-34-19-17-18(28-22(25)29-19)30(13-27-17)20-15(4)10-16(38-20)11-36-39(33)35-8-9-40-21(31)24(5,6)12-26-23(32)37-14(2)3/h13-16,20,39H,7-12H2,1-6H3,(H,26,32)(H2,25,28,29)/t15-,16-,20+/m0/s1. The molecule has 1 fully saturated rings. The maximum Gasteiger partial charge on any atom is 0.407 e. The van der Waals surface area contributed by atoms with Gasteiger partial charge in [0.1, 0.15) is 6.23 Å².